The third kappa shape index (κ3) is 5.10. The van der Waals surface area contributed by atoms with Crippen LogP contribution in [0.2, 0.25) is 0 Å². The average molecular weight is 599 g/mol. The molecule has 4 amide bonds. The number of benzene rings is 4. The lowest BCUT2D eigenvalue weighted by Crippen LogP contribution is -2.54. The minimum absolute atomic E-state index is 0.174. The zero-order chi connectivity index (χ0) is 28.6. The number of methoxy groups -OCH3 is 1. The second-order valence-corrected chi connectivity index (χ2v) is 10.5. The molecular weight excluding hydrogens is 572 g/mol. The van der Waals surface area contributed by atoms with Crippen molar-refractivity contribution < 1.29 is 23.9 Å². The van der Waals surface area contributed by atoms with Gasteiger partial charge in [0.1, 0.15) is 12.2 Å². The fraction of sp³-hybridized carbons (Fsp3) is 0.156. The molecule has 8 heteroatoms. The Hall–Kier alpha value is -4.43. The zero-order valence-electron chi connectivity index (χ0n) is 22.5. The molecule has 1 saturated heterocycles. The van der Waals surface area contributed by atoms with Crippen LogP contribution in [0.5, 0.6) is 11.5 Å². The van der Waals surface area contributed by atoms with Gasteiger partial charge in [-0.25, -0.2) is 9.69 Å². The maximum absolute atomic E-state index is 13.4. The summed E-state index contributed by atoms with van der Waals surface area (Å²) in [4.78, 5) is 39.6. The molecule has 7 nitrogen and oxygen atoms in total. The number of hydrogen-bond donors (Lipinski definition) is 1. The molecule has 202 valence electrons. The van der Waals surface area contributed by atoms with Crippen LogP contribution in [0.15, 0.2) is 76.8 Å². The van der Waals surface area contributed by atoms with Crippen molar-refractivity contribution >= 4 is 56.3 Å². The van der Waals surface area contributed by atoms with Gasteiger partial charge in [0.05, 0.1) is 17.3 Å². The van der Waals surface area contributed by atoms with E-state index in [0.29, 0.717) is 33.8 Å². The Morgan fingerprint density at radius 2 is 1.65 bits per heavy atom. The van der Waals surface area contributed by atoms with Gasteiger partial charge in [-0.1, -0.05) is 42.5 Å². The summed E-state index contributed by atoms with van der Waals surface area (Å²) in [6.07, 6.45) is 1.43. The van der Waals surface area contributed by atoms with Crippen LogP contribution in [0.4, 0.5) is 10.5 Å². The standard InChI is InChI=1S/C32H27BrN2O5/c1-18-10-12-23(13-20(18)3)35-31(37)25(30(36)34-32(35)38)14-21-15-27(33)29(28(16-21)39-4)40-17-26-19(2)9-11-22-7-5-6-8-24(22)26/h5-16H,17H2,1-4H3,(H,34,36,38)/b25-14+. The van der Waals surface area contributed by atoms with Crippen LogP contribution >= 0.6 is 15.9 Å². The number of urea groups is 1. The van der Waals surface area contributed by atoms with Gasteiger partial charge in [-0.3, -0.25) is 14.9 Å². The van der Waals surface area contributed by atoms with Crippen LogP contribution < -0.4 is 19.7 Å². The highest BCUT2D eigenvalue weighted by Gasteiger charge is 2.37. The lowest BCUT2D eigenvalue weighted by molar-refractivity contribution is -0.122. The number of ether oxygens (including phenoxy) is 2. The molecule has 1 aliphatic rings. The molecule has 0 atom stereocenters. The van der Waals surface area contributed by atoms with Crippen LogP contribution in [-0.2, 0) is 16.2 Å². The summed E-state index contributed by atoms with van der Waals surface area (Å²) < 4.78 is 12.4. The molecule has 40 heavy (non-hydrogen) atoms. The van der Waals surface area contributed by atoms with Gasteiger partial charge in [0, 0.05) is 5.56 Å². The molecule has 0 unspecified atom stereocenters. The van der Waals surface area contributed by atoms with Crippen molar-refractivity contribution in [2.45, 2.75) is 27.4 Å². The topological polar surface area (TPSA) is 84.9 Å². The number of aryl methyl sites for hydroxylation is 3. The lowest BCUT2D eigenvalue weighted by Gasteiger charge is -2.27. The Kier molecular flexibility index (Phi) is 7.45. The summed E-state index contributed by atoms with van der Waals surface area (Å²) in [7, 11) is 1.52. The van der Waals surface area contributed by atoms with Gasteiger partial charge >= 0.3 is 6.03 Å². The van der Waals surface area contributed by atoms with Crippen LogP contribution in [0, 0.1) is 20.8 Å². The number of nitrogens with one attached hydrogen (secondary N) is 1. The summed E-state index contributed by atoms with van der Waals surface area (Å²) in [5.41, 5.74) is 4.85. The van der Waals surface area contributed by atoms with Crippen LogP contribution in [0.3, 0.4) is 0 Å². The quantitative estimate of drug-likeness (QED) is 0.195. The van der Waals surface area contributed by atoms with Crippen molar-refractivity contribution in [2.24, 2.45) is 0 Å². The third-order valence-electron chi connectivity index (χ3n) is 7.05. The van der Waals surface area contributed by atoms with Crippen molar-refractivity contribution in [2.75, 3.05) is 12.0 Å². The van der Waals surface area contributed by atoms with Crippen molar-refractivity contribution in [3.8, 4) is 11.5 Å². The largest absolute Gasteiger partial charge is 0.493 e. The zero-order valence-corrected chi connectivity index (χ0v) is 24.1. The summed E-state index contributed by atoms with van der Waals surface area (Å²) in [6, 6.07) is 20.2. The van der Waals surface area contributed by atoms with Gasteiger partial charge in [-0.05, 0) is 100 Å². The van der Waals surface area contributed by atoms with E-state index in [9.17, 15) is 14.4 Å². The lowest BCUT2D eigenvalue weighted by atomic mass is 10.0. The first-order chi connectivity index (χ1) is 19.2. The SMILES string of the molecule is COc1cc(/C=C2\C(=O)NC(=O)N(c3ccc(C)c(C)c3)C2=O)cc(Br)c1OCc1c(C)ccc2ccccc12. The highest BCUT2D eigenvalue weighted by Crippen LogP contribution is 2.38. The summed E-state index contributed by atoms with van der Waals surface area (Å²) >= 11 is 3.56. The molecule has 0 aromatic heterocycles. The fourth-order valence-corrected chi connectivity index (χ4v) is 5.24. The number of anilines is 1. The van der Waals surface area contributed by atoms with E-state index in [0.717, 1.165) is 37.9 Å². The first-order valence-electron chi connectivity index (χ1n) is 12.6. The predicted octanol–water partition coefficient (Wildman–Crippen LogP) is 6.78. The number of imide groups is 2. The van der Waals surface area contributed by atoms with Gasteiger partial charge in [0.15, 0.2) is 11.5 Å². The number of nitrogens with zero attached hydrogens (tertiary/aromatic N) is 1. The van der Waals surface area contributed by atoms with Gasteiger partial charge < -0.3 is 9.47 Å². The van der Waals surface area contributed by atoms with Crippen molar-refractivity contribution in [3.63, 3.8) is 0 Å². The van der Waals surface area contributed by atoms with E-state index in [-0.39, 0.29) is 5.57 Å². The smallest absolute Gasteiger partial charge is 0.335 e. The molecule has 0 saturated carbocycles. The Bertz CT molecular complexity index is 1730. The van der Waals surface area contributed by atoms with E-state index < -0.39 is 17.8 Å². The fourth-order valence-electron chi connectivity index (χ4n) is 4.67. The molecule has 4 aromatic rings. The van der Waals surface area contributed by atoms with Gasteiger partial charge in [-0.15, -0.1) is 0 Å². The van der Waals surface area contributed by atoms with E-state index in [4.69, 9.17) is 9.47 Å². The van der Waals surface area contributed by atoms with Crippen molar-refractivity contribution in [1.29, 1.82) is 0 Å². The molecule has 0 bridgehead atoms. The number of halogens is 1. The minimum Gasteiger partial charge on any atom is -0.493 e. The number of fused-ring (bicyclic) bond motifs is 1. The number of hydrogen-bond acceptors (Lipinski definition) is 5. The summed E-state index contributed by atoms with van der Waals surface area (Å²) in [6.45, 7) is 6.19. The molecule has 0 spiro atoms. The highest BCUT2D eigenvalue weighted by atomic mass is 79.9. The van der Waals surface area contributed by atoms with Crippen LogP contribution in [-0.4, -0.2) is 25.0 Å². The Labute approximate surface area is 240 Å². The average Bonchev–Trinajstić information content (AvgIpc) is 2.92. The van der Waals surface area contributed by atoms with Crippen LogP contribution in [0.1, 0.15) is 27.8 Å². The molecular formula is C32H27BrN2O5. The Morgan fingerprint density at radius 3 is 2.40 bits per heavy atom. The minimum atomic E-state index is -0.790. The van der Waals surface area contributed by atoms with E-state index in [1.54, 1.807) is 24.3 Å². The van der Waals surface area contributed by atoms with Gasteiger partial charge in [0.25, 0.3) is 11.8 Å². The molecule has 0 aliphatic carbocycles. The number of amides is 4. The predicted molar refractivity (Wildman–Crippen MR) is 159 cm³/mol. The third-order valence-corrected chi connectivity index (χ3v) is 7.64. The first kappa shape index (κ1) is 27.1. The summed E-state index contributed by atoms with van der Waals surface area (Å²) in [5.74, 6) is -0.566. The van der Waals surface area contributed by atoms with Crippen molar-refractivity contribution in [1.82, 2.24) is 5.32 Å². The Balaban J connectivity index is 1.46. The van der Waals surface area contributed by atoms with Gasteiger partial charge in [0.2, 0.25) is 0 Å². The first-order valence-corrected chi connectivity index (χ1v) is 13.4. The molecule has 4 aromatic carbocycles. The molecule has 1 aliphatic heterocycles. The second kappa shape index (κ2) is 11.0. The highest BCUT2D eigenvalue weighted by molar-refractivity contribution is 9.10. The number of barbiturate groups is 1. The molecule has 1 fully saturated rings. The maximum atomic E-state index is 13.4. The second-order valence-electron chi connectivity index (χ2n) is 9.63. The van der Waals surface area contributed by atoms with Gasteiger partial charge in [-0.2, -0.15) is 0 Å². The van der Waals surface area contributed by atoms with E-state index in [1.807, 2.05) is 39.0 Å². The van der Waals surface area contributed by atoms with E-state index in [1.165, 1.54) is 13.2 Å². The number of carbonyl (C=O) groups is 3. The Morgan fingerprint density at radius 1 is 0.900 bits per heavy atom. The normalized spacial score (nSPS) is 14.6. The molecule has 1 N–H and O–H groups in total. The molecule has 0 radical (unpaired) electrons. The maximum Gasteiger partial charge on any atom is 0.335 e. The van der Waals surface area contributed by atoms with Crippen LogP contribution in [0.25, 0.3) is 16.8 Å². The number of rotatable bonds is 6. The summed E-state index contributed by atoms with van der Waals surface area (Å²) in [5, 5.41) is 4.51. The van der Waals surface area contributed by atoms with E-state index >= 15 is 0 Å². The molecule has 1 heterocycles. The number of carbonyl (C=O) groups excluding carboxylic acids is 3. The van der Waals surface area contributed by atoms with E-state index in [2.05, 4.69) is 45.5 Å². The molecule has 5 rings (SSSR count). The monoisotopic (exact) mass is 598 g/mol. The van der Waals surface area contributed by atoms with Crippen molar-refractivity contribution in [3.05, 3.63) is 105 Å².